The molecule has 0 fully saturated rings. The number of methoxy groups -OCH3 is 1. The van der Waals surface area contributed by atoms with Crippen LogP contribution in [0.5, 0.6) is 11.5 Å². The third-order valence-electron chi connectivity index (χ3n) is 2.98. The van der Waals surface area contributed by atoms with E-state index < -0.39 is 10.1 Å². The van der Waals surface area contributed by atoms with Crippen LogP contribution in [0.1, 0.15) is 5.56 Å². The molecule has 4 nitrogen and oxygen atoms in total. The van der Waals surface area contributed by atoms with Crippen molar-refractivity contribution in [3.8, 4) is 11.5 Å². The van der Waals surface area contributed by atoms with Gasteiger partial charge in [0.15, 0.2) is 11.5 Å². The van der Waals surface area contributed by atoms with Crippen LogP contribution in [0.3, 0.4) is 0 Å². The normalized spacial score (nSPS) is 11.1. The van der Waals surface area contributed by atoms with Crippen molar-refractivity contribution in [3.63, 3.8) is 0 Å². The summed E-state index contributed by atoms with van der Waals surface area (Å²) in [4.78, 5) is -0.277. The summed E-state index contributed by atoms with van der Waals surface area (Å²) in [5.74, 6) is 0.340. The molecule has 0 aliphatic carbocycles. The Morgan fingerprint density at radius 1 is 1.13 bits per heavy atom. The molecular weight excluding hydrogens is 359 g/mol. The molecule has 0 radical (unpaired) electrons. The van der Waals surface area contributed by atoms with Crippen molar-refractivity contribution in [2.24, 2.45) is 0 Å². The summed E-state index contributed by atoms with van der Waals surface area (Å²) >= 11 is 11.9. The topological polar surface area (TPSA) is 52.6 Å². The zero-order chi connectivity index (χ0) is 17.0. The molecule has 7 heteroatoms. The van der Waals surface area contributed by atoms with Gasteiger partial charge in [-0.25, -0.2) is 0 Å². The van der Waals surface area contributed by atoms with Crippen LogP contribution >= 0.6 is 23.2 Å². The molecule has 0 bridgehead atoms. The highest BCUT2D eigenvalue weighted by Gasteiger charge is 2.25. The lowest BCUT2D eigenvalue weighted by Gasteiger charge is -2.13. The summed E-state index contributed by atoms with van der Waals surface area (Å²) in [5.41, 5.74) is 0.914. The van der Waals surface area contributed by atoms with Crippen molar-refractivity contribution in [3.05, 3.63) is 64.7 Å². The second-order valence-corrected chi connectivity index (χ2v) is 6.86. The number of allylic oxidation sites excluding steroid dienone is 1. The van der Waals surface area contributed by atoms with E-state index in [9.17, 15) is 8.42 Å². The van der Waals surface area contributed by atoms with Crippen LogP contribution < -0.4 is 8.92 Å². The van der Waals surface area contributed by atoms with Crippen LogP contribution in [0.15, 0.2) is 53.9 Å². The van der Waals surface area contributed by atoms with Crippen LogP contribution in [-0.2, 0) is 16.5 Å². The summed E-state index contributed by atoms with van der Waals surface area (Å²) in [7, 11) is -2.77. The summed E-state index contributed by atoms with van der Waals surface area (Å²) in [6, 6.07) is 9.32. The van der Waals surface area contributed by atoms with Crippen molar-refractivity contribution in [2.75, 3.05) is 7.11 Å². The second-order valence-electron chi connectivity index (χ2n) is 4.57. The van der Waals surface area contributed by atoms with Crippen LogP contribution in [0.4, 0.5) is 0 Å². The zero-order valence-electron chi connectivity index (χ0n) is 12.3. The van der Waals surface area contributed by atoms with Crippen molar-refractivity contribution < 1.29 is 17.3 Å². The van der Waals surface area contributed by atoms with Crippen LogP contribution in [0.25, 0.3) is 0 Å². The van der Waals surface area contributed by atoms with E-state index in [2.05, 4.69) is 6.58 Å². The second kappa shape index (κ2) is 7.25. The predicted octanol–water partition coefficient (Wildman–Crippen LogP) is 4.50. The van der Waals surface area contributed by atoms with Crippen LogP contribution in [-0.4, -0.2) is 15.5 Å². The zero-order valence-corrected chi connectivity index (χ0v) is 14.6. The first-order valence-electron chi connectivity index (χ1n) is 6.55. The third kappa shape index (κ3) is 3.99. The smallest absolute Gasteiger partial charge is 0.342 e. The van der Waals surface area contributed by atoms with Crippen molar-refractivity contribution in [1.82, 2.24) is 0 Å². The van der Waals surface area contributed by atoms with Gasteiger partial charge in [0.2, 0.25) is 0 Å². The van der Waals surface area contributed by atoms with E-state index in [0.29, 0.717) is 6.42 Å². The first kappa shape index (κ1) is 17.7. The minimum Gasteiger partial charge on any atom is -0.493 e. The molecule has 0 saturated heterocycles. The SMILES string of the molecule is C=CCc1ccc(OS(=O)(=O)c2c(Cl)cccc2Cl)c(OC)c1. The molecule has 122 valence electrons. The lowest BCUT2D eigenvalue weighted by Crippen LogP contribution is -2.11. The quantitative estimate of drug-likeness (QED) is 0.553. The molecule has 2 rings (SSSR count). The summed E-state index contributed by atoms with van der Waals surface area (Å²) in [5, 5.41) is -0.0283. The van der Waals surface area contributed by atoms with Gasteiger partial charge in [0.1, 0.15) is 4.90 Å². The van der Waals surface area contributed by atoms with E-state index in [0.717, 1.165) is 5.56 Å². The predicted molar refractivity (Wildman–Crippen MR) is 91.2 cm³/mol. The average Bonchev–Trinajstić information content (AvgIpc) is 2.48. The number of hydrogen-bond acceptors (Lipinski definition) is 4. The molecule has 0 aliphatic heterocycles. The van der Waals surface area contributed by atoms with Gasteiger partial charge in [-0.1, -0.05) is 41.4 Å². The molecule has 0 atom stereocenters. The molecule has 0 unspecified atom stereocenters. The standard InChI is InChI=1S/C16H14Cl2O4S/c1-3-5-11-8-9-14(15(10-11)21-2)22-23(19,20)16-12(17)6-4-7-13(16)18/h3-4,6-10H,1,5H2,2H3. The molecule has 23 heavy (non-hydrogen) atoms. The lowest BCUT2D eigenvalue weighted by atomic mass is 10.1. The maximum absolute atomic E-state index is 12.5. The van der Waals surface area contributed by atoms with Crippen LogP contribution in [0, 0.1) is 0 Å². The minimum absolute atomic E-state index is 0.0141. The van der Waals surface area contributed by atoms with Crippen LogP contribution in [0.2, 0.25) is 10.0 Å². The molecule has 2 aromatic rings. The van der Waals surface area contributed by atoms with Gasteiger partial charge in [0, 0.05) is 0 Å². The Balaban J connectivity index is 2.43. The fourth-order valence-electron chi connectivity index (χ4n) is 1.96. The Bertz CT molecular complexity index is 812. The Hall–Kier alpha value is -1.69. The van der Waals surface area contributed by atoms with Gasteiger partial charge in [-0.15, -0.1) is 6.58 Å². The van der Waals surface area contributed by atoms with Gasteiger partial charge < -0.3 is 8.92 Å². The van der Waals surface area contributed by atoms with E-state index >= 15 is 0 Å². The fourth-order valence-corrected chi connectivity index (χ4v) is 3.99. The van der Waals surface area contributed by atoms with E-state index in [1.807, 2.05) is 0 Å². The molecule has 0 spiro atoms. The van der Waals surface area contributed by atoms with Gasteiger partial charge in [-0.2, -0.15) is 8.42 Å². The first-order valence-corrected chi connectivity index (χ1v) is 8.71. The van der Waals surface area contributed by atoms with E-state index in [-0.39, 0.29) is 26.4 Å². The highest BCUT2D eigenvalue weighted by Crippen LogP contribution is 2.35. The van der Waals surface area contributed by atoms with Crippen molar-refractivity contribution >= 4 is 33.3 Å². The Labute approximate surface area is 145 Å². The molecule has 0 aliphatic rings. The first-order chi connectivity index (χ1) is 10.9. The van der Waals surface area contributed by atoms with E-state index in [1.165, 1.54) is 25.3 Å². The van der Waals surface area contributed by atoms with Gasteiger partial charge in [0.25, 0.3) is 0 Å². The van der Waals surface area contributed by atoms with Crippen molar-refractivity contribution in [1.29, 1.82) is 0 Å². The molecule has 0 amide bonds. The highest BCUT2D eigenvalue weighted by atomic mass is 35.5. The van der Waals surface area contributed by atoms with Gasteiger partial charge in [-0.05, 0) is 36.2 Å². The van der Waals surface area contributed by atoms with Gasteiger partial charge >= 0.3 is 10.1 Å². The molecule has 0 N–H and O–H groups in total. The maximum atomic E-state index is 12.5. The maximum Gasteiger partial charge on any atom is 0.342 e. The minimum atomic E-state index is -4.20. The summed E-state index contributed by atoms with van der Waals surface area (Å²) in [6.45, 7) is 3.66. The molecule has 0 aromatic heterocycles. The monoisotopic (exact) mass is 372 g/mol. The summed E-state index contributed by atoms with van der Waals surface area (Å²) < 4.78 is 35.3. The Morgan fingerprint density at radius 2 is 1.78 bits per heavy atom. The number of hydrogen-bond donors (Lipinski definition) is 0. The number of halogens is 2. The van der Waals surface area contributed by atoms with Crippen molar-refractivity contribution in [2.45, 2.75) is 11.3 Å². The number of ether oxygens (including phenoxy) is 1. The average molecular weight is 373 g/mol. The third-order valence-corrected chi connectivity index (χ3v) is 5.17. The molecular formula is C16H14Cl2O4S. The highest BCUT2D eigenvalue weighted by molar-refractivity contribution is 7.87. The fraction of sp³-hybridized carbons (Fsp3) is 0.125. The molecule has 0 heterocycles. The van der Waals surface area contributed by atoms with E-state index in [4.69, 9.17) is 32.1 Å². The molecule has 0 saturated carbocycles. The number of rotatable bonds is 6. The number of benzene rings is 2. The largest absolute Gasteiger partial charge is 0.493 e. The Kier molecular flexibility index (Phi) is 5.57. The van der Waals surface area contributed by atoms with Gasteiger partial charge in [-0.3, -0.25) is 0 Å². The lowest BCUT2D eigenvalue weighted by molar-refractivity contribution is 0.390. The molecule has 2 aromatic carbocycles. The van der Waals surface area contributed by atoms with Gasteiger partial charge in [0.05, 0.1) is 17.2 Å². The Morgan fingerprint density at radius 3 is 2.35 bits per heavy atom. The van der Waals surface area contributed by atoms with E-state index in [1.54, 1.807) is 24.3 Å². The summed E-state index contributed by atoms with van der Waals surface area (Å²) in [6.07, 6.45) is 2.36.